The number of nitrogens with one attached hydrogen (secondary N) is 1. The van der Waals surface area contributed by atoms with Crippen molar-refractivity contribution in [3.8, 4) is 0 Å². The zero-order valence-electron chi connectivity index (χ0n) is 11.0. The van der Waals surface area contributed by atoms with E-state index in [1.54, 1.807) is 0 Å². The summed E-state index contributed by atoms with van der Waals surface area (Å²) in [5, 5.41) is 2.89. The van der Waals surface area contributed by atoms with Gasteiger partial charge in [-0.1, -0.05) is 30.3 Å². The number of carbonyl (C=O) groups excluding carboxylic acids is 1. The molecule has 1 amide bonds. The Hall–Kier alpha value is -2.07. The predicted molar refractivity (Wildman–Crippen MR) is 75.2 cm³/mol. The van der Waals surface area contributed by atoms with E-state index in [-0.39, 0.29) is 11.9 Å². The average Bonchev–Trinajstić information content (AvgIpc) is 2.83. The normalized spacial score (nSPS) is 12.1. The van der Waals surface area contributed by atoms with Crippen molar-refractivity contribution in [2.45, 2.75) is 19.0 Å². The van der Waals surface area contributed by atoms with Gasteiger partial charge in [-0.05, 0) is 17.7 Å². The van der Waals surface area contributed by atoms with Crippen LogP contribution in [0.3, 0.4) is 0 Å². The van der Waals surface area contributed by atoms with E-state index in [9.17, 15) is 4.79 Å². The summed E-state index contributed by atoms with van der Waals surface area (Å²) in [7, 11) is 1.96. The summed E-state index contributed by atoms with van der Waals surface area (Å²) in [4.78, 5) is 11.8. The van der Waals surface area contributed by atoms with Gasteiger partial charge in [-0.15, -0.1) is 0 Å². The van der Waals surface area contributed by atoms with Crippen LogP contribution in [-0.4, -0.2) is 10.5 Å². The van der Waals surface area contributed by atoms with Crippen molar-refractivity contribution in [3.63, 3.8) is 0 Å². The van der Waals surface area contributed by atoms with E-state index >= 15 is 0 Å². The van der Waals surface area contributed by atoms with Gasteiger partial charge in [0, 0.05) is 31.4 Å². The molecular weight excluding hydrogens is 238 g/mol. The summed E-state index contributed by atoms with van der Waals surface area (Å²) >= 11 is 0. The van der Waals surface area contributed by atoms with Gasteiger partial charge in [0.15, 0.2) is 0 Å². The van der Waals surface area contributed by atoms with E-state index in [4.69, 9.17) is 5.73 Å². The summed E-state index contributed by atoms with van der Waals surface area (Å²) in [5.74, 6) is -0.0300. The van der Waals surface area contributed by atoms with Crippen LogP contribution in [0, 0.1) is 0 Å². The fraction of sp³-hybridized carbons (Fsp3) is 0.267. The molecule has 0 radical (unpaired) electrons. The van der Waals surface area contributed by atoms with Gasteiger partial charge in [-0.25, -0.2) is 0 Å². The highest BCUT2D eigenvalue weighted by Gasteiger charge is 2.11. The molecule has 1 aromatic carbocycles. The van der Waals surface area contributed by atoms with Crippen molar-refractivity contribution in [3.05, 3.63) is 59.9 Å². The molecule has 0 saturated heterocycles. The van der Waals surface area contributed by atoms with Crippen LogP contribution in [0.2, 0.25) is 0 Å². The number of aryl methyl sites for hydroxylation is 1. The van der Waals surface area contributed by atoms with Crippen molar-refractivity contribution in [1.82, 2.24) is 9.88 Å². The molecular formula is C15H19N3O. The zero-order chi connectivity index (χ0) is 13.7. The van der Waals surface area contributed by atoms with Gasteiger partial charge in [0.2, 0.25) is 5.91 Å². The molecule has 1 heterocycles. The molecule has 0 fully saturated rings. The van der Waals surface area contributed by atoms with Gasteiger partial charge in [-0.2, -0.15) is 0 Å². The summed E-state index contributed by atoms with van der Waals surface area (Å²) in [6.07, 6.45) is 2.26. The first-order chi connectivity index (χ1) is 9.16. The van der Waals surface area contributed by atoms with Gasteiger partial charge < -0.3 is 15.6 Å². The van der Waals surface area contributed by atoms with Gasteiger partial charge in [-0.3, -0.25) is 4.79 Å². The summed E-state index contributed by atoms with van der Waals surface area (Å²) in [5.41, 5.74) is 8.06. The third-order valence-corrected chi connectivity index (χ3v) is 3.15. The summed E-state index contributed by atoms with van der Waals surface area (Å²) in [6.45, 7) is 0.532. The molecule has 0 spiro atoms. The molecule has 0 aliphatic rings. The van der Waals surface area contributed by atoms with E-state index in [2.05, 4.69) is 5.32 Å². The van der Waals surface area contributed by atoms with Crippen LogP contribution in [0.4, 0.5) is 0 Å². The number of hydrogen-bond donors (Lipinski definition) is 2. The first kappa shape index (κ1) is 13.4. The number of nitrogens with zero attached hydrogens (tertiary/aromatic N) is 1. The Labute approximate surface area is 113 Å². The smallest absolute Gasteiger partial charge is 0.222 e. The van der Waals surface area contributed by atoms with Crippen LogP contribution >= 0.6 is 0 Å². The topological polar surface area (TPSA) is 60.0 Å². The summed E-state index contributed by atoms with van der Waals surface area (Å²) < 4.78 is 1.98. The maximum Gasteiger partial charge on any atom is 0.222 e. The minimum atomic E-state index is -0.255. The Morgan fingerprint density at radius 1 is 1.26 bits per heavy atom. The van der Waals surface area contributed by atoms with Crippen LogP contribution in [0.25, 0.3) is 0 Å². The molecule has 0 saturated carbocycles. The molecule has 2 rings (SSSR count). The summed E-state index contributed by atoms with van der Waals surface area (Å²) in [6, 6.07) is 13.4. The molecule has 2 aromatic rings. The minimum Gasteiger partial charge on any atom is -0.353 e. The zero-order valence-corrected chi connectivity index (χ0v) is 11.0. The van der Waals surface area contributed by atoms with Crippen LogP contribution < -0.4 is 11.1 Å². The predicted octanol–water partition coefficient (Wildman–Crippen LogP) is 1.73. The largest absolute Gasteiger partial charge is 0.353 e. The number of benzene rings is 1. The number of rotatable bonds is 5. The number of amides is 1. The number of carbonyl (C=O) groups is 1. The first-order valence-electron chi connectivity index (χ1n) is 6.34. The number of nitrogens with two attached hydrogens (primary N) is 1. The van der Waals surface area contributed by atoms with E-state index < -0.39 is 0 Å². The Kier molecular flexibility index (Phi) is 4.36. The number of hydrogen-bond acceptors (Lipinski definition) is 2. The molecule has 0 bridgehead atoms. The van der Waals surface area contributed by atoms with E-state index in [1.807, 2.05) is 60.3 Å². The standard InChI is InChI=1S/C15H19N3O/c1-18-9-5-8-13(18)11-17-15(19)10-14(16)12-6-3-2-4-7-12/h2-9,14H,10-11,16H2,1H3,(H,17,19). The molecule has 1 unspecified atom stereocenters. The van der Waals surface area contributed by atoms with Gasteiger partial charge in [0.25, 0.3) is 0 Å². The van der Waals surface area contributed by atoms with Crippen molar-refractivity contribution in [2.24, 2.45) is 12.8 Å². The molecule has 1 aromatic heterocycles. The maximum atomic E-state index is 11.8. The highest BCUT2D eigenvalue weighted by Crippen LogP contribution is 2.13. The lowest BCUT2D eigenvalue weighted by atomic mass is 10.0. The molecule has 4 nitrogen and oxygen atoms in total. The van der Waals surface area contributed by atoms with Crippen LogP contribution in [-0.2, 0) is 18.4 Å². The lowest BCUT2D eigenvalue weighted by molar-refractivity contribution is -0.121. The fourth-order valence-electron chi connectivity index (χ4n) is 1.96. The maximum absolute atomic E-state index is 11.8. The van der Waals surface area contributed by atoms with Gasteiger partial charge >= 0.3 is 0 Å². The van der Waals surface area contributed by atoms with Crippen molar-refractivity contribution < 1.29 is 4.79 Å². The van der Waals surface area contributed by atoms with Crippen LogP contribution in [0.5, 0.6) is 0 Å². The second kappa shape index (κ2) is 6.20. The van der Waals surface area contributed by atoms with E-state index in [1.165, 1.54) is 0 Å². The first-order valence-corrected chi connectivity index (χ1v) is 6.34. The second-order valence-electron chi connectivity index (χ2n) is 4.61. The van der Waals surface area contributed by atoms with Crippen molar-refractivity contribution in [2.75, 3.05) is 0 Å². The van der Waals surface area contributed by atoms with Gasteiger partial charge in [0.05, 0.1) is 6.54 Å². The van der Waals surface area contributed by atoms with Crippen LogP contribution in [0.1, 0.15) is 23.7 Å². The Morgan fingerprint density at radius 3 is 2.63 bits per heavy atom. The van der Waals surface area contributed by atoms with Gasteiger partial charge in [0.1, 0.15) is 0 Å². The lowest BCUT2D eigenvalue weighted by Crippen LogP contribution is -2.27. The lowest BCUT2D eigenvalue weighted by Gasteiger charge is -2.12. The Balaban J connectivity index is 1.83. The Bertz CT molecular complexity index is 533. The molecule has 19 heavy (non-hydrogen) atoms. The molecule has 4 heteroatoms. The Morgan fingerprint density at radius 2 is 2.00 bits per heavy atom. The minimum absolute atomic E-state index is 0.0300. The van der Waals surface area contributed by atoms with E-state index in [0.29, 0.717) is 13.0 Å². The molecule has 1 atom stereocenters. The van der Waals surface area contributed by atoms with Crippen molar-refractivity contribution >= 4 is 5.91 Å². The molecule has 0 aliphatic carbocycles. The average molecular weight is 257 g/mol. The van der Waals surface area contributed by atoms with Crippen LogP contribution in [0.15, 0.2) is 48.7 Å². The number of aromatic nitrogens is 1. The quantitative estimate of drug-likeness (QED) is 0.857. The van der Waals surface area contributed by atoms with E-state index in [0.717, 1.165) is 11.3 Å². The highest BCUT2D eigenvalue weighted by atomic mass is 16.1. The fourth-order valence-corrected chi connectivity index (χ4v) is 1.96. The second-order valence-corrected chi connectivity index (χ2v) is 4.61. The monoisotopic (exact) mass is 257 g/mol. The molecule has 100 valence electrons. The third-order valence-electron chi connectivity index (χ3n) is 3.15. The molecule has 0 aliphatic heterocycles. The third kappa shape index (κ3) is 3.69. The molecule has 3 N–H and O–H groups in total. The SMILES string of the molecule is Cn1cccc1CNC(=O)CC(N)c1ccccc1. The highest BCUT2D eigenvalue weighted by molar-refractivity contribution is 5.76. The van der Waals surface area contributed by atoms with Crippen molar-refractivity contribution in [1.29, 1.82) is 0 Å².